The number of amides is 2. The lowest BCUT2D eigenvalue weighted by atomic mass is 10.2. The van der Waals surface area contributed by atoms with Gasteiger partial charge in [-0.15, -0.1) is 22.7 Å². The molecule has 1 aliphatic carbocycles. The summed E-state index contributed by atoms with van der Waals surface area (Å²) in [6, 6.07) is 7.67. The molecule has 1 unspecified atom stereocenters. The van der Waals surface area contributed by atoms with Crippen molar-refractivity contribution in [3.63, 3.8) is 0 Å². The number of aliphatic hydroxyl groups excluding tert-OH is 1. The highest BCUT2D eigenvalue weighted by Gasteiger charge is 2.26. The van der Waals surface area contributed by atoms with Crippen LogP contribution in [0.25, 0.3) is 0 Å². The molecule has 2 amide bonds. The first-order valence-corrected chi connectivity index (χ1v) is 8.72. The van der Waals surface area contributed by atoms with Gasteiger partial charge in [0.05, 0.1) is 6.54 Å². The third kappa shape index (κ3) is 3.73. The number of hydrogen-bond acceptors (Lipinski definition) is 5. The fraction of sp³-hybridized carbons (Fsp3) is 0.333. The van der Waals surface area contributed by atoms with Crippen LogP contribution in [0.3, 0.4) is 0 Å². The summed E-state index contributed by atoms with van der Waals surface area (Å²) >= 11 is 2.93. The van der Waals surface area contributed by atoms with Crippen molar-refractivity contribution in [3.05, 3.63) is 44.3 Å². The van der Waals surface area contributed by atoms with Gasteiger partial charge in [-0.2, -0.15) is 0 Å². The van der Waals surface area contributed by atoms with Gasteiger partial charge in [0.1, 0.15) is 6.10 Å². The maximum Gasteiger partial charge on any atom is 0.309 e. The highest BCUT2D eigenvalue weighted by Crippen LogP contribution is 2.30. The molecule has 22 heavy (non-hydrogen) atoms. The van der Waals surface area contributed by atoms with Crippen LogP contribution in [0.2, 0.25) is 0 Å². The van der Waals surface area contributed by atoms with E-state index in [9.17, 15) is 14.7 Å². The predicted molar refractivity (Wildman–Crippen MR) is 85.7 cm³/mol. The third-order valence-corrected chi connectivity index (χ3v) is 5.37. The molecule has 2 heterocycles. The molecule has 0 radical (unpaired) electrons. The van der Waals surface area contributed by atoms with Crippen molar-refractivity contribution in [3.8, 4) is 0 Å². The zero-order valence-electron chi connectivity index (χ0n) is 11.7. The summed E-state index contributed by atoms with van der Waals surface area (Å²) in [7, 11) is 0. The second-order valence-electron chi connectivity index (χ2n) is 5.15. The lowest BCUT2D eigenvalue weighted by molar-refractivity contribution is -0.139. The highest BCUT2D eigenvalue weighted by atomic mass is 32.1. The van der Waals surface area contributed by atoms with E-state index in [-0.39, 0.29) is 6.04 Å². The summed E-state index contributed by atoms with van der Waals surface area (Å²) in [6.07, 6.45) is 1.27. The van der Waals surface area contributed by atoms with E-state index in [1.807, 2.05) is 29.6 Å². The van der Waals surface area contributed by atoms with Gasteiger partial charge < -0.3 is 15.7 Å². The van der Waals surface area contributed by atoms with Crippen molar-refractivity contribution < 1.29 is 14.7 Å². The van der Waals surface area contributed by atoms with Crippen molar-refractivity contribution in [2.45, 2.75) is 31.5 Å². The Morgan fingerprint density at radius 3 is 2.73 bits per heavy atom. The van der Waals surface area contributed by atoms with E-state index < -0.39 is 17.9 Å². The zero-order valence-corrected chi connectivity index (χ0v) is 13.4. The Morgan fingerprint density at radius 1 is 1.23 bits per heavy atom. The number of carbonyl (C=O) groups excluding carboxylic acids is 2. The molecule has 5 nitrogen and oxygen atoms in total. The van der Waals surface area contributed by atoms with Gasteiger partial charge in [0.2, 0.25) is 0 Å². The number of carbonyl (C=O) groups is 2. The molecule has 2 aromatic heterocycles. The van der Waals surface area contributed by atoms with Crippen molar-refractivity contribution in [2.75, 3.05) is 0 Å². The fourth-order valence-electron chi connectivity index (χ4n) is 1.95. The number of hydrogen-bond donors (Lipinski definition) is 3. The van der Waals surface area contributed by atoms with Crippen LogP contribution in [-0.4, -0.2) is 23.0 Å². The van der Waals surface area contributed by atoms with E-state index in [4.69, 9.17) is 0 Å². The standard InChI is InChI=1S/C15H16N2O3S2/c18-13(11-2-1-7-21-11)12-6-5-10(22-12)8-16-14(19)15(20)17-9-3-4-9/h1-2,5-7,9,13,18H,3-4,8H2,(H,16,19)(H,17,20). The molecule has 0 aromatic carbocycles. The maximum atomic E-state index is 11.6. The molecule has 2 aromatic rings. The Labute approximate surface area is 136 Å². The maximum absolute atomic E-state index is 11.6. The van der Waals surface area contributed by atoms with Gasteiger partial charge in [0.15, 0.2) is 0 Å². The Kier molecular flexibility index (Phi) is 4.56. The molecule has 116 valence electrons. The van der Waals surface area contributed by atoms with Gasteiger partial charge in [-0.05, 0) is 36.4 Å². The third-order valence-electron chi connectivity index (χ3n) is 3.31. The van der Waals surface area contributed by atoms with E-state index in [0.29, 0.717) is 6.54 Å². The first-order valence-electron chi connectivity index (χ1n) is 7.02. The molecule has 1 atom stereocenters. The fourth-order valence-corrected chi connectivity index (χ4v) is 3.71. The molecule has 0 saturated heterocycles. The summed E-state index contributed by atoms with van der Waals surface area (Å²) in [5.41, 5.74) is 0. The number of rotatable bonds is 5. The van der Waals surface area contributed by atoms with E-state index in [0.717, 1.165) is 27.5 Å². The van der Waals surface area contributed by atoms with E-state index in [1.54, 1.807) is 0 Å². The van der Waals surface area contributed by atoms with Gasteiger partial charge in [0, 0.05) is 20.7 Å². The van der Waals surface area contributed by atoms with Crippen LogP contribution < -0.4 is 10.6 Å². The lowest BCUT2D eigenvalue weighted by Crippen LogP contribution is -2.40. The lowest BCUT2D eigenvalue weighted by Gasteiger charge is -2.05. The number of nitrogens with one attached hydrogen (secondary N) is 2. The van der Waals surface area contributed by atoms with E-state index in [1.165, 1.54) is 22.7 Å². The van der Waals surface area contributed by atoms with Gasteiger partial charge >= 0.3 is 11.8 Å². The summed E-state index contributed by atoms with van der Waals surface area (Å²) in [5, 5.41) is 17.4. The molecule has 7 heteroatoms. The minimum atomic E-state index is -0.632. The highest BCUT2D eigenvalue weighted by molar-refractivity contribution is 7.12. The Morgan fingerprint density at radius 2 is 2.05 bits per heavy atom. The smallest absolute Gasteiger partial charge is 0.309 e. The number of thiophene rings is 2. The molecule has 3 rings (SSSR count). The van der Waals surface area contributed by atoms with Crippen molar-refractivity contribution in [1.82, 2.24) is 10.6 Å². The summed E-state index contributed by atoms with van der Waals surface area (Å²) in [4.78, 5) is 25.8. The molecule has 1 fully saturated rings. The summed E-state index contributed by atoms with van der Waals surface area (Å²) in [5.74, 6) is -1.18. The van der Waals surface area contributed by atoms with Crippen LogP contribution in [0.4, 0.5) is 0 Å². The normalized spacial score (nSPS) is 15.3. The van der Waals surface area contributed by atoms with Gasteiger partial charge in [-0.25, -0.2) is 0 Å². The van der Waals surface area contributed by atoms with Crippen molar-refractivity contribution >= 4 is 34.5 Å². The molecular formula is C15H16N2O3S2. The molecule has 1 saturated carbocycles. The first kappa shape index (κ1) is 15.2. The number of aliphatic hydroxyl groups is 1. The van der Waals surface area contributed by atoms with Crippen LogP contribution in [0.15, 0.2) is 29.6 Å². The Bertz CT molecular complexity index is 662. The molecule has 0 spiro atoms. The Balaban J connectivity index is 1.53. The monoisotopic (exact) mass is 336 g/mol. The minimum absolute atomic E-state index is 0.174. The average Bonchev–Trinajstić information content (AvgIpc) is 3.01. The Hall–Kier alpha value is -1.70. The van der Waals surface area contributed by atoms with Crippen LogP contribution in [0.5, 0.6) is 0 Å². The minimum Gasteiger partial charge on any atom is -0.382 e. The van der Waals surface area contributed by atoms with Crippen LogP contribution in [0.1, 0.15) is 33.6 Å². The van der Waals surface area contributed by atoms with Crippen LogP contribution in [-0.2, 0) is 16.1 Å². The van der Waals surface area contributed by atoms with Crippen molar-refractivity contribution in [1.29, 1.82) is 0 Å². The van der Waals surface area contributed by atoms with Crippen LogP contribution in [0, 0.1) is 0 Å². The van der Waals surface area contributed by atoms with E-state index >= 15 is 0 Å². The SMILES string of the molecule is O=C(NCc1ccc(C(O)c2cccs2)s1)C(=O)NC1CC1. The van der Waals surface area contributed by atoms with Crippen molar-refractivity contribution in [2.24, 2.45) is 0 Å². The zero-order chi connectivity index (χ0) is 15.5. The average molecular weight is 336 g/mol. The topological polar surface area (TPSA) is 78.4 Å². The van der Waals surface area contributed by atoms with Gasteiger partial charge in [-0.1, -0.05) is 6.07 Å². The first-order chi connectivity index (χ1) is 10.6. The second kappa shape index (κ2) is 6.60. The summed E-state index contributed by atoms with van der Waals surface area (Å²) in [6.45, 7) is 0.290. The second-order valence-corrected chi connectivity index (χ2v) is 7.33. The molecule has 0 bridgehead atoms. The van der Waals surface area contributed by atoms with Gasteiger partial charge in [-0.3, -0.25) is 9.59 Å². The largest absolute Gasteiger partial charge is 0.382 e. The van der Waals surface area contributed by atoms with Crippen LogP contribution >= 0.6 is 22.7 Å². The molecule has 3 N–H and O–H groups in total. The molecule has 0 aliphatic heterocycles. The van der Waals surface area contributed by atoms with E-state index in [2.05, 4.69) is 10.6 Å². The quantitative estimate of drug-likeness (QED) is 0.729. The molecule has 1 aliphatic rings. The summed E-state index contributed by atoms with van der Waals surface area (Å²) < 4.78 is 0. The predicted octanol–water partition coefficient (Wildman–Crippen LogP) is 1.79. The molecular weight excluding hydrogens is 320 g/mol. The van der Waals surface area contributed by atoms with Gasteiger partial charge in [0.25, 0.3) is 0 Å².